The summed E-state index contributed by atoms with van der Waals surface area (Å²) in [7, 11) is 2.64. The summed E-state index contributed by atoms with van der Waals surface area (Å²) in [6.45, 7) is 1.20. The van der Waals surface area contributed by atoms with Crippen molar-refractivity contribution in [3.05, 3.63) is 83.6 Å². The Bertz CT molecular complexity index is 1200. The highest BCUT2D eigenvalue weighted by atomic mass is 19.1. The Morgan fingerprint density at radius 2 is 1.81 bits per heavy atom. The monoisotopic (exact) mass is 422 g/mol. The first-order valence-electron chi connectivity index (χ1n) is 9.17. The largest absolute Gasteiger partial charge is 0.503 e. The number of aromatic nitrogens is 1. The number of nitrogens with zero attached hydrogens (tertiary/aromatic N) is 2. The van der Waals surface area contributed by atoms with Gasteiger partial charge in [-0.05, 0) is 12.1 Å². The molecule has 31 heavy (non-hydrogen) atoms. The van der Waals surface area contributed by atoms with Crippen LogP contribution in [0.2, 0.25) is 0 Å². The lowest BCUT2D eigenvalue weighted by Crippen LogP contribution is -2.13. The van der Waals surface area contributed by atoms with Crippen molar-refractivity contribution in [1.82, 2.24) is 4.98 Å². The molecule has 0 spiro atoms. The average Bonchev–Trinajstić information content (AvgIpc) is 2.78. The molecule has 0 saturated heterocycles. The van der Waals surface area contributed by atoms with E-state index in [4.69, 9.17) is 14.3 Å². The number of halogens is 1. The summed E-state index contributed by atoms with van der Waals surface area (Å²) in [6, 6.07) is 12.9. The molecule has 0 saturated carbocycles. The Balaban J connectivity index is 2.26. The molecule has 0 N–H and O–H groups in total. The maximum absolute atomic E-state index is 14.4. The van der Waals surface area contributed by atoms with Crippen LogP contribution in [0.3, 0.4) is 0 Å². The standard InChI is InChI=1S/C23H19FN2O5/c1-14(27)31-26-22(21-11-18-15(12-25-21)7-6-10-20(18)24)17-9-5-4-8-16(17)19(13-29-2)23(28)30-3/h4-13H,1-3H3. The number of methoxy groups -OCH3 is 2. The molecule has 1 heterocycles. The minimum absolute atomic E-state index is 0.114. The van der Waals surface area contributed by atoms with Crippen LogP contribution in [0.25, 0.3) is 16.3 Å². The first-order chi connectivity index (χ1) is 15.0. The molecule has 0 radical (unpaired) electrons. The van der Waals surface area contributed by atoms with E-state index in [1.54, 1.807) is 36.4 Å². The highest BCUT2D eigenvalue weighted by Gasteiger charge is 2.22. The molecule has 0 amide bonds. The summed E-state index contributed by atoms with van der Waals surface area (Å²) in [5, 5.41) is 4.87. The van der Waals surface area contributed by atoms with Crippen LogP contribution in [0.15, 0.2) is 66.1 Å². The lowest BCUT2D eigenvalue weighted by molar-refractivity contribution is -0.141. The third-order valence-corrected chi connectivity index (χ3v) is 4.33. The van der Waals surface area contributed by atoms with Crippen LogP contribution in [0.4, 0.5) is 4.39 Å². The van der Waals surface area contributed by atoms with E-state index in [1.165, 1.54) is 45.7 Å². The van der Waals surface area contributed by atoms with Gasteiger partial charge in [0.1, 0.15) is 17.1 Å². The van der Waals surface area contributed by atoms with Gasteiger partial charge in [-0.2, -0.15) is 0 Å². The molecular formula is C23H19FN2O5. The molecule has 0 atom stereocenters. The molecule has 0 aliphatic rings. The summed E-state index contributed by atoms with van der Waals surface area (Å²) in [6.07, 6.45) is 2.73. The van der Waals surface area contributed by atoms with E-state index in [9.17, 15) is 14.0 Å². The van der Waals surface area contributed by atoms with Crippen LogP contribution in [0.1, 0.15) is 23.7 Å². The van der Waals surface area contributed by atoms with E-state index in [0.717, 1.165) is 0 Å². The summed E-state index contributed by atoms with van der Waals surface area (Å²) >= 11 is 0. The highest BCUT2D eigenvalue weighted by molar-refractivity contribution is 6.22. The topological polar surface area (TPSA) is 87.1 Å². The van der Waals surface area contributed by atoms with Gasteiger partial charge in [0, 0.05) is 35.0 Å². The van der Waals surface area contributed by atoms with Crippen molar-refractivity contribution >= 4 is 34.0 Å². The third-order valence-electron chi connectivity index (χ3n) is 4.33. The maximum Gasteiger partial charge on any atom is 0.341 e. The Morgan fingerprint density at radius 3 is 2.48 bits per heavy atom. The number of ether oxygens (including phenoxy) is 2. The molecule has 0 fully saturated rings. The number of pyridine rings is 1. The van der Waals surface area contributed by atoms with Crippen LogP contribution >= 0.6 is 0 Å². The molecule has 2 aromatic carbocycles. The average molecular weight is 422 g/mol. The van der Waals surface area contributed by atoms with E-state index in [2.05, 4.69) is 10.1 Å². The van der Waals surface area contributed by atoms with E-state index in [-0.39, 0.29) is 17.0 Å². The number of carbonyl (C=O) groups excluding carboxylic acids is 2. The van der Waals surface area contributed by atoms with Crippen LogP contribution in [-0.4, -0.2) is 36.9 Å². The van der Waals surface area contributed by atoms with Crippen molar-refractivity contribution in [2.24, 2.45) is 5.16 Å². The summed E-state index contributed by atoms with van der Waals surface area (Å²) < 4.78 is 24.3. The molecule has 0 bridgehead atoms. The van der Waals surface area contributed by atoms with Gasteiger partial charge >= 0.3 is 11.9 Å². The van der Waals surface area contributed by atoms with Crippen molar-refractivity contribution in [2.75, 3.05) is 14.2 Å². The van der Waals surface area contributed by atoms with Crippen LogP contribution in [0.5, 0.6) is 0 Å². The first-order valence-corrected chi connectivity index (χ1v) is 9.17. The predicted octanol–water partition coefficient (Wildman–Crippen LogP) is 3.85. The Labute approximate surface area is 177 Å². The molecule has 1 aromatic heterocycles. The molecule has 7 nitrogen and oxygen atoms in total. The maximum atomic E-state index is 14.4. The van der Waals surface area contributed by atoms with Gasteiger partial charge in [-0.1, -0.05) is 41.6 Å². The van der Waals surface area contributed by atoms with Gasteiger partial charge in [-0.15, -0.1) is 0 Å². The minimum Gasteiger partial charge on any atom is -0.503 e. The second-order valence-electron chi connectivity index (χ2n) is 6.36. The Morgan fingerprint density at radius 1 is 1.06 bits per heavy atom. The lowest BCUT2D eigenvalue weighted by Gasteiger charge is -2.13. The number of fused-ring (bicyclic) bond motifs is 1. The van der Waals surface area contributed by atoms with Crippen molar-refractivity contribution in [1.29, 1.82) is 0 Å². The number of hydrogen-bond donors (Lipinski definition) is 0. The first kappa shape index (κ1) is 21.6. The van der Waals surface area contributed by atoms with Crippen LogP contribution in [0, 0.1) is 5.82 Å². The van der Waals surface area contributed by atoms with Crippen LogP contribution < -0.4 is 0 Å². The summed E-state index contributed by atoms with van der Waals surface area (Å²) in [4.78, 5) is 33.0. The highest BCUT2D eigenvalue weighted by Crippen LogP contribution is 2.25. The van der Waals surface area contributed by atoms with Gasteiger partial charge in [0.15, 0.2) is 0 Å². The normalized spacial score (nSPS) is 11.9. The van der Waals surface area contributed by atoms with E-state index < -0.39 is 17.8 Å². The van der Waals surface area contributed by atoms with Crippen molar-refractivity contribution in [3.63, 3.8) is 0 Å². The van der Waals surface area contributed by atoms with Gasteiger partial charge in [0.25, 0.3) is 0 Å². The van der Waals surface area contributed by atoms with E-state index >= 15 is 0 Å². The second-order valence-corrected chi connectivity index (χ2v) is 6.36. The summed E-state index contributed by atoms with van der Waals surface area (Å²) in [5.41, 5.74) is 1.29. The molecule has 8 heteroatoms. The molecule has 0 aliphatic heterocycles. The van der Waals surface area contributed by atoms with Crippen molar-refractivity contribution in [3.8, 4) is 0 Å². The molecule has 3 rings (SSSR count). The number of oxime groups is 1. The molecular weight excluding hydrogens is 403 g/mol. The van der Waals surface area contributed by atoms with Gasteiger partial charge in [-0.3, -0.25) is 4.98 Å². The third kappa shape index (κ3) is 4.75. The van der Waals surface area contributed by atoms with Gasteiger partial charge < -0.3 is 14.3 Å². The number of rotatable bonds is 6. The van der Waals surface area contributed by atoms with Crippen LogP contribution in [-0.2, 0) is 23.9 Å². The van der Waals surface area contributed by atoms with E-state index in [1.807, 2.05) is 0 Å². The number of esters is 1. The van der Waals surface area contributed by atoms with Gasteiger partial charge in [0.2, 0.25) is 0 Å². The lowest BCUT2D eigenvalue weighted by atomic mass is 9.95. The number of hydrogen-bond acceptors (Lipinski definition) is 7. The Kier molecular flexibility index (Phi) is 6.71. The van der Waals surface area contributed by atoms with E-state index in [0.29, 0.717) is 21.9 Å². The zero-order valence-corrected chi connectivity index (χ0v) is 17.1. The smallest absolute Gasteiger partial charge is 0.341 e. The van der Waals surface area contributed by atoms with Crippen molar-refractivity contribution in [2.45, 2.75) is 6.92 Å². The van der Waals surface area contributed by atoms with Gasteiger partial charge in [-0.25, -0.2) is 14.0 Å². The zero-order chi connectivity index (χ0) is 22.4. The second kappa shape index (κ2) is 9.62. The summed E-state index contributed by atoms with van der Waals surface area (Å²) in [5.74, 6) is -1.72. The van der Waals surface area contributed by atoms with Crippen molar-refractivity contribution < 1.29 is 28.3 Å². The Hall–Kier alpha value is -4.07. The zero-order valence-electron chi connectivity index (χ0n) is 17.1. The molecule has 3 aromatic rings. The number of carbonyl (C=O) groups is 2. The molecule has 0 aliphatic carbocycles. The van der Waals surface area contributed by atoms with Gasteiger partial charge in [0.05, 0.1) is 26.2 Å². The fourth-order valence-electron chi connectivity index (χ4n) is 2.98. The molecule has 0 unspecified atom stereocenters. The number of benzene rings is 2. The SMILES string of the molecule is COC=C(C(=O)OC)c1ccccc1C(=NOC(C)=O)c1cc2c(F)cccc2cn1. The fourth-order valence-corrected chi connectivity index (χ4v) is 2.98. The molecule has 158 valence electrons. The minimum atomic E-state index is -0.650. The predicted molar refractivity (Wildman–Crippen MR) is 113 cm³/mol. The quantitative estimate of drug-likeness (QED) is 0.150. The fraction of sp³-hybridized carbons (Fsp3) is 0.130.